The second-order valence-corrected chi connectivity index (χ2v) is 6.44. The molecule has 0 spiro atoms. The summed E-state index contributed by atoms with van der Waals surface area (Å²) in [5, 5.41) is 5.68. The van der Waals surface area contributed by atoms with Crippen LogP contribution in [0.25, 0.3) is 0 Å². The summed E-state index contributed by atoms with van der Waals surface area (Å²) >= 11 is 0. The lowest BCUT2D eigenvalue weighted by Gasteiger charge is -2.31. The number of nitrogens with one attached hydrogen (secondary N) is 2. The van der Waals surface area contributed by atoms with Gasteiger partial charge < -0.3 is 15.4 Å². The van der Waals surface area contributed by atoms with Crippen molar-refractivity contribution in [3.8, 4) is 0 Å². The zero-order valence-electron chi connectivity index (χ0n) is 14.1. The first-order valence-corrected chi connectivity index (χ1v) is 8.27. The van der Waals surface area contributed by atoms with Crippen LogP contribution < -0.4 is 10.6 Å². The summed E-state index contributed by atoms with van der Waals surface area (Å²) in [6, 6.07) is 10.3. The molecule has 0 aliphatic carbocycles. The van der Waals surface area contributed by atoms with Crippen molar-refractivity contribution in [2.75, 3.05) is 23.8 Å². The fourth-order valence-electron chi connectivity index (χ4n) is 2.74. The van der Waals surface area contributed by atoms with Crippen LogP contribution in [0.3, 0.4) is 0 Å². The van der Waals surface area contributed by atoms with Gasteiger partial charge in [0.25, 0.3) is 5.91 Å². The highest BCUT2D eigenvalue weighted by Gasteiger charge is 2.35. The maximum Gasteiger partial charge on any atom is 0.255 e. The van der Waals surface area contributed by atoms with Crippen LogP contribution in [0.1, 0.15) is 30.1 Å². The van der Waals surface area contributed by atoms with Crippen LogP contribution in [0.4, 0.5) is 11.4 Å². The number of amides is 2. The molecule has 1 aliphatic heterocycles. The standard InChI is InChI=1S/C19H21N3O3/c1-19(9-3-11-25-13-19)18(24)22-15-7-5-14(6-8-15)17(23)21-16-4-2-10-20-12-16/h2,4-8,10,12H,3,9,11,13H2,1H3,(H,21,23)(H,22,24). The number of benzene rings is 1. The van der Waals surface area contributed by atoms with E-state index in [9.17, 15) is 9.59 Å². The van der Waals surface area contributed by atoms with E-state index in [1.165, 1.54) is 0 Å². The molecule has 6 nitrogen and oxygen atoms in total. The van der Waals surface area contributed by atoms with Crippen LogP contribution in [0.5, 0.6) is 0 Å². The number of ether oxygens (including phenoxy) is 1. The van der Waals surface area contributed by atoms with Gasteiger partial charge in [0.05, 0.1) is 23.9 Å². The van der Waals surface area contributed by atoms with Gasteiger partial charge in [0.2, 0.25) is 5.91 Å². The van der Waals surface area contributed by atoms with Gasteiger partial charge in [-0.15, -0.1) is 0 Å². The molecule has 25 heavy (non-hydrogen) atoms. The van der Waals surface area contributed by atoms with E-state index in [4.69, 9.17) is 4.74 Å². The van der Waals surface area contributed by atoms with Crippen molar-refractivity contribution in [1.82, 2.24) is 4.98 Å². The molecule has 1 atom stereocenters. The van der Waals surface area contributed by atoms with Crippen LogP contribution in [-0.2, 0) is 9.53 Å². The first-order valence-electron chi connectivity index (χ1n) is 8.27. The van der Waals surface area contributed by atoms with Crippen LogP contribution >= 0.6 is 0 Å². The molecule has 2 heterocycles. The average Bonchev–Trinajstić information content (AvgIpc) is 2.64. The third kappa shape index (κ3) is 4.22. The Bertz CT molecular complexity index is 738. The molecular weight excluding hydrogens is 318 g/mol. The van der Waals surface area contributed by atoms with Gasteiger partial charge in [-0.05, 0) is 56.2 Å². The van der Waals surface area contributed by atoms with E-state index in [2.05, 4.69) is 15.6 Å². The minimum absolute atomic E-state index is 0.0558. The molecule has 0 radical (unpaired) electrons. The summed E-state index contributed by atoms with van der Waals surface area (Å²) < 4.78 is 5.43. The molecule has 2 aromatic rings. The molecule has 1 saturated heterocycles. The third-order valence-corrected chi connectivity index (χ3v) is 4.31. The fraction of sp³-hybridized carbons (Fsp3) is 0.316. The molecule has 6 heteroatoms. The zero-order valence-corrected chi connectivity index (χ0v) is 14.1. The zero-order chi connectivity index (χ0) is 17.7. The third-order valence-electron chi connectivity index (χ3n) is 4.31. The molecule has 1 aliphatic rings. The normalized spacial score (nSPS) is 19.9. The van der Waals surface area contributed by atoms with E-state index in [1.807, 2.05) is 6.92 Å². The topological polar surface area (TPSA) is 80.3 Å². The number of hydrogen-bond donors (Lipinski definition) is 2. The Morgan fingerprint density at radius 2 is 1.92 bits per heavy atom. The second-order valence-electron chi connectivity index (χ2n) is 6.44. The van der Waals surface area contributed by atoms with Crippen molar-refractivity contribution in [3.05, 3.63) is 54.4 Å². The SMILES string of the molecule is CC1(C(=O)Nc2ccc(C(=O)Nc3cccnc3)cc2)CCCOC1. The number of nitrogens with zero attached hydrogens (tertiary/aromatic N) is 1. The van der Waals surface area contributed by atoms with Crippen LogP contribution in [0.2, 0.25) is 0 Å². The number of pyridine rings is 1. The van der Waals surface area contributed by atoms with Crippen molar-refractivity contribution in [1.29, 1.82) is 0 Å². The van der Waals surface area contributed by atoms with E-state index in [-0.39, 0.29) is 11.8 Å². The number of hydrogen-bond acceptors (Lipinski definition) is 4. The number of carbonyl (C=O) groups excluding carboxylic acids is 2. The maximum absolute atomic E-state index is 12.5. The van der Waals surface area contributed by atoms with Gasteiger partial charge in [-0.1, -0.05) is 0 Å². The van der Waals surface area contributed by atoms with Gasteiger partial charge in [-0.2, -0.15) is 0 Å². The lowest BCUT2D eigenvalue weighted by molar-refractivity contribution is -0.131. The van der Waals surface area contributed by atoms with E-state index in [0.29, 0.717) is 30.2 Å². The van der Waals surface area contributed by atoms with Gasteiger partial charge in [-0.25, -0.2) is 0 Å². The summed E-state index contributed by atoms with van der Waals surface area (Å²) in [5.74, 6) is -0.279. The predicted molar refractivity (Wildman–Crippen MR) is 95.4 cm³/mol. The second kappa shape index (κ2) is 7.44. The monoisotopic (exact) mass is 339 g/mol. The van der Waals surface area contributed by atoms with E-state index in [0.717, 1.165) is 12.8 Å². The Labute approximate surface area is 146 Å². The van der Waals surface area contributed by atoms with E-state index >= 15 is 0 Å². The first-order chi connectivity index (χ1) is 12.1. The van der Waals surface area contributed by atoms with Gasteiger partial charge in [0.1, 0.15) is 0 Å². The Hall–Kier alpha value is -2.73. The summed E-state index contributed by atoms with van der Waals surface area (Å²) in [6.45, 7) is 3.06. The van der Waals surface area contributed by atoms with Crippen molar-refractivity contribution >= 4 is 23.2 Å². The molecule has 1 aromatic carbocycles. The maximum atomic E-state index is 12.5. The highest BCUT2D eigenvalue weighted by molar-refractivity contribution is 6.04. The molecule has 130 valence electrons. The number of rotatable bonds is 4. The minimum atomic E-state index is -0.505. The van der Waals surface area contributed by atoms with Gasteiger partial charge in [-0.3, -0.25) is 14.6 Å². The Morgan fingerprint density at radius 1 is 1.12 bits per heavy atom. The number of aromatic nitrogens is 1. The largest absolute Gasteiger partial charge is 0.380 e. The lowest BCUT2D eigenvalue weighted by Crippen LogP contribution is -2.40. The van der Waals surface area contributed by atoms with Gasteiger partial charge in [0, 0.05) is 24.1 Å². The predicted octanol–water partition coefficient (Wildman–Crippen LogP) is 3.09. The van der Waals surface area contributed by atoms with Gasteiger partial charge >= 0.3 is 0 Å². The highest BCUT2D eigenvalue weighted by atomic mass is 16.5. The molecule has 2 N–H and O–H groups in total. The molecule has 0 saturated carbocycles. The lowest BCUT2D eigenvalue weighted by atomic mass is 9.84. The summed E-state index contributed by atoms with van der Waals surface area (Å²) in [6.07, 6.45) is 4.92. The number of anilines is 2. The van der Waals surface area contributed by atoms with Crippen molar-refractivity contribution in [3.63, 3.8) is 0 Å². The average molecular weight is 339 g/mol. The van der Waals surface area contributed by atoms with Crippen LogP contribution in [0.15, 0.2) is 48.8 Å². The van der Waals surface area contributed by atoms with E-state index in [1.54, 1.807) is 48.8 Å². The van der Waals surface area contributed by atoms with Crippen molar-refractivity contribution in [2.24, 2.45) is 5.41 Å². The Morgan fingerprint density at radius 3 is 2.56 bits per heavy atom. The first kappa shape index (κ1) is 17.1. The number of carbonyl (C=O) groups is 2. The van der Waals surface area contributed by atoms with E-state index < -0.39 is 5.41 Å². The quantitative estimate of drug-likeness (QED) is 0.897. The van der Waals surface area contributed by atoms with Gasteiger partial charge in [0.15, 0.2) is 0 Å². The molecule has 1 aromatic heterocycles. The summed E-state index contributed by atoms with van der Waals surface area (Å²) in [4.78, 5) is 28.6. The molecule has 1 fully saturated rings. The fourth-order valence-corrected chi connectivity index (χ4v) is 2.74. The molecule has 1 unspecified atom stereocenters. The van der Waals surface area contributed by atoms with Crippen molar-refractivity contribution in [2.45, 2.75) is 19.8 Å². The Kier molecular flexibility index (Phi) is 5.09. The highest BCUT2D eigenvalue weighted by Crippen LogP contribution is 2.29. The molecule has 0 bridgehead atoms. The molecular formula is C19H21N3O3. The van der Waals surface area contributed by atoms with Crippen molar-refractivity contribution < 1.29 is 14.3 Å². The molecule has 2 amide bonds. The summed E-state index contributed by atoms with van der Waals surface area (Å²) in [7, 11) is 0. The Balaban J connectivity index is 1.62. The van der Waals surface area contributed by atoms with Crippen LogP contribution in [0, 0.1) is 5.41 Å². The smallest absolute Gasteiger partial charge is 0.255 e. The molecule has 3 rings (SSSR count). The van der Waals surface area contributed by atoms with Crippen LogP contribution in [-0.4, -0.2) is 30.0 Å². The summed E-state index contributed by atoms with van der Waals surface area (Å²) in [5.41, 5.74) is 1.30. The minimum Gasteiger partial charge on any atom is -0.380 e.